The van der Waals surface area contributed by atoms with Crippen LogP contribution < -0.4 is 10.6 Å². The Morgan fingerprint density at radius 2 is 1.83 bits per heavy atom. The fourth-order valence-electron chi connectivity index (χ4n) is 2.32. The number of rotatable bonds is 7. The van der Waals surface area contributed by atoms with E-state index in [4.69, 9.17) is 0 Å². The molecule has 2 aromatic rings. The van der Waals surface area contributed by atoms with Crippen molar-refractivity contribution in [2.24, 2.45) is 0 Å². The molecule has 0 aliphatic rings. The largest absolute Gasteiger partial charge is 0.353 e. The second-order valence-electron chi connectivity index (χ2n) is 5.89. The summed E-state index contributed by atoms with van der Waals surface area (Å²) in [5, 5.41) is 9.10. The van der Waals surface area contributed by atoms with Gasteiger partial charge in [-0.05, 0) is 38.0 Å². The van der Waals surface area contributed by atoms with Crippen molar-refractivity contribution >= 4 is 23.2 Å². The number of benzene rings is 1. The summed E-state index contributed by atoms with van der Waals surface area (Å²) in [5.74, 6) is -0.424. The number of hydrogen-bond donors (Lipinski definition) is 2. The van der Waals surface area contributed by atoms with Crippen molar-refractivity contribution in [2.75, 3.05) is 27.2 Å². The molecule has 5 nitrogen and oxygen atoms in total. The van der Waals surface area contributed by atoms with Crippen molar-refractivity contribution in [3.8, 4) is 0 Å². The minimum Gasteiger partial charge on any atom is -0.353 e. The van der Waals surface area contributed by atoms with E-state index in [9.17, 15) is 9.59 Å². The van der Waals surface area contributed by atoms with E-state index in [-0.39, 0.29) is 24.4 Å². The van der Waals surface area contributed by atoms with Gasteiger partial charge in [-0.1, -0.05) is 29.8 Å². The van der Waals surface area contributed by atoms with E-state index in [1.165, 1.54) is 16.9 Å². The molecule has 0 spiro atoms. The molecule has 2 rings (SSSR count). The van der Waals surface area contributed by atoms with Crippen LogP contribution in [0, 0.1) is 6.92 Å². The Labute approximate surface area is 146 Å². The summed E-state index contributed by atoms with van der Waals surface area (Å²) in [6.07, 6.45) is 0. The summed E-state index contributed by atoms with van der Waals surface area (Å²) in [6, 6.07) is 10.1. The molecule has 6 heteroatoms. The zero-order valence-corrected chi connectivity index (χ0v) is 15.0. The van der Waals surface area contributed by atoms with Gasteiger partial charge in [0.2, 0.25) is 5.91 Å². The van der Waals surface area contributed by atoms with E-state index in [1.807, 2.05) is 26.4 Å². The predicted octanol–water partition coefficient (Wildman–Crippen LogP) is 2.21. The van der Waals surface area contributed by atoms with Crippen molar-refractivity contribution < 1.29 is 9.59 Å². The molecule has 24 heavy (non-hydrogen) atoms. The second-order valence-corrected chi connectivity index (χ2v) is 6.67. The number of nitrogens with zero attached hydrogens (tertiary/aromatic N) is 1. The summed E-state index contributed by atoms with van der Waals surface area (Å²) in [5.41, 5.74) is 2.93. The summed E-state index contributed by atoms with van der Waals surface area (Å²) < 4.78 is 0. The molecule has 1 aromatic heterocycles. The van der Waals surface area contributed by atoms with E-state index >= 15 is 0 Å². The zero-order chi connectivity index (χ0) is 17.5. The van der Waals surface area contributed by atoms with Gasteiger partial charge < -0.3 is 15.5 Å². The molecule has 0 unspecified atom stereocenters. The molecule has 0 saturated heterocycles. The molecule has 0 aliphatic carbocycles. The highest BCUT2D eigenvalue weighted by Crippen LogP contribution is 2.17. The third-order valence-corrected chi connectivity index (χ3v) is 4.45. The van der Waals surface area contributed by atoms with Crippen LogP contribution in [-0.4, -0.2) is 43.9 Å². The van der Waals surface area contributed by atoms with Gasteiger partial charge >= 0.3 is 0 Å². The molecular formula is C18H23N3O2S. The molecule has 2 amide bonds. The number of carbonyl (C=O) groups excluding carboxylic acids is 2. The van der Waals surface area contributed by atoms with Gasteiger partial charge in [-0.3, -0.25) is 9.59 Å². The third-order valence-electron chi connectivity index (χ3n) is 3.77. The molecule has 1 aromatic carbocycles. The second kappa shape index (κ2) is 8.61. The molecule has 2 N–H and O–H groups in total. The lowest BCUT2D eigenvalue weighted by molar-refractivity contribution is -0.120. The van der Waals surface area contributed by atoms with Gasteiger partial charge in [0.1, 0.15) is 0 Å². The maximum absolute atomic E-state index is 12.0. The number of amides is 2. The minimum atomic E-state index is -0.228. The molecule has 0 aliphatic heterocycles. The monoisotopic (exact) mass is 345 g/mol. The molecule has 1 heterocycles. The molecule has 0 fully saturated rings. The predicted molar refractivity (Wildman–Crippen MR) is 97.3 cm³/mol. The first-order valence-corrected chi connectivity index (χ1v) is 8.71. The van der Waals surface area contributed by atoms with Gasteiger partial charge in [0.05, 0.1) is 12.6 Å². The van der Waals surface area contributed by atoms with Crippen LogP contribution in [0.4, 0.5) is 0 Å². The van der Waals surface area contributed by atoms with Gasteiger partial charge in [0.15, 0.2) is 0 Å². The Morgan fingerprint density at radius 1 is 1.12 bits per heavy atom. The van der Waals surface area contributed by atoms with Crippen molar-refractivity contribution in [2.45, 2.75) is 13.0 Å². The van der Waals surface area contributed by atoms with E-state index in [0.29, 0.717) is 12.1 Å². The SMILES string of the molecule is Cc1ccc([C@@H](CNC(=O)CNC(=O)c2ccsc2)N(C)C)cc1. The Morgan fingerprint density at radius 3 is 2.42 bits per heavy atom. The van der Waals surface area contributed by atoms with Crippen LogP contribution in [0.2, 0.25) is 0 Å². The van der Waals surface area contributed by atoms with Gasteiger partial charge in [-0.25, -0.2) is 0 Å². The van der Waals surface area contributed by atoms with Crippen molar-refractivity contribution in [1.82, 2.24) is 15.5 Å². The van der Waals surface area contributed by atoms with Crippen LogP contribution in [0.25, 0.3) is 0 Å². The van der Waals surface area contributed by atoms with Crippen molar-refractivity contribution in [1.29, 1.82) is 0 Å². The van der Waals surface area contributed by atoms with E-state index in [2.05, 4.69) is 39.8 Å². The first-order chi connectivity index (χ1) is 11.5. The lowest BCUT2D eigenvalue weighted by Crippen LogP contribution is -2.40. The maximum Gasteiger partial charge on any atom is 0.252 e. The average molecular weight is 345 g/mol. The molecular weight excluding hydrogens is 322 g/mol. The number of carbonyl (C=O) groups is 2. The molecule has 0 saturated carbocycles. The van der Waals surface area contributed by atoms with Gasteiger partial charge in [-0.2, -0.15) is 11.3 Å². The number of hydrogen-bond acceptors (Lipinski definition) is 4. The average Bonchev–Trinajstić information content (AvgIpc) is 3.08. The lowest BCUT2D eigenvalue weighted by Gasteiger charge is -2.25. The molecule has 128 valence electrons. The zero-order valence-electron chi connectivity index (χ0n) is 14.2. The fourth-order valence-corrected chi connectivity index (χ4v) is 2.95. The van der Waals surface area contributed by atoms with Crippen LogP contribution in [-0.2, 0) is 4.79 Å². The first-order valence-electron chi connectivity index (χ1n) is 7.77. The molecule has 0 bridgehead atoms. The van der Waals surface area contributed by atoms with Crippen LogP contribution in [0.5, 0.6) is 0 Å². The Kier molecular flexibility index (Phi) is 6.52. The summed E-state index contributed by atoms with van der Waals surface area (Å²) >= 11 is 1.45. The maximum atomic E-state index is 12.0. The van der Waals surface area contributed by atoms with Gasteiger partial charge in [0.25, 0.3) is 5.91 Å². The standard InChI is InChI=1S/C18H23N3O2S/c1-13-4-6-14(7-5-13)16(21(2)3)10-19-17(22)11-20-18(23)15-8-9-24-12-15/h4-9,12,16H,10-11H2,1-3H3,(H,19,22)(H,20,23)/t16-/m1/s1. The summed E-state index contributed by atoms with van der Waals surface area (Å²) in [4.78, 5) is 25.9. The van der Waals surface area contributed by atoms with Gasteiger partial charge in [0, 0.05) is 17.5 Å². The van der Waals surface area contributed by atoms with Gasteiger partial charge in [-0.15, -0.1) is 0 Å². The minimum absolute atomic E-state index is 0.0251. The van der Waals surface area contributed by atoms with Crippen LogP contribution in [0.1, 0.15) is 27.5 Å². The highest BCUT2D eigenvalue weighted by atomic mass is 32.1. The topological polar surface area (TPSA) is 61.4 Å². The van der Waals surface area contributed by atoms with E-state index in [0.717, 1.165) is 5.56 Å². The number of likely N-dealkylation sites (N-methyl/N-ethyl adjacent to an activating group) is 1. The highest BCUT2D eigenvalue weighted by Gasteiger charge is 2.15. The molecule has 1 atom stereocenters. The summed E-state index contributed by atoms with van der Waals surface area (Å²) in [6.45, 7) is 2.51. The highest BCUT2D eigenvalue weighted by molar-refractivity contribution is 7.08. The van der Waals surface area contributed by atoms with Crippen LogP contribution in [0.3, 0.4) is 0 Å². The van der Waals surface area contributed by atoms with Crippen LogP contribution >= 0.6 is 11.3 Å². The Hall–Kier alpha value is -2.18. The Bertz CT molecular complexity index is 666. The van der Waals surface area contributed by atoms with E-state index < -0.39 is 0 Å². The van der Waals surface area contributed by atoms with Crippen molar-refractivity contribution in [3.05, 3.63) is 57.8 Å². The Balaban J connectivity index is 1.84. The lowest BCUT2D eigenvalue weighted by atomic mass is 10.0. The van der Waals surface area contributed by atoms with Crippen molar-refractivity contribution in [3.63, 3.8) is 0 Å². The number of aryl methyl sites for hydroxylation is 1. The number of thiophene rings is 1. The normalized spacial score (nSPS) is 12.0. The molecule has 0 radical (unpaired) electrons. The van der Waals surface area contributed by atoms with Crippen LogP contribution in [0.15, 0.2) is 41.1 Å². The quantitative estimate of drug-likeness (QED) is 0.809. The first kappa shape index (κ1) is 18.2. The van der Waals surface area contributed by atoms with E-state index in [1.54, 1.807) is 11.4 Å². The number of nitrogens with one attached hydrogen (secondary N) is 2. The summed E-state index contributed by atoms with van der Waals surface area (Å²) in [7, 11) is 3.96. The fraction of sp³-hybridized carbons (Fsp3) is 0.333. The smallest absolute Gasteiger partial charge is 0.252 e. The third kappa shape index (κ3) is 5.18.